The maximum absolute atomic E-state index is 12.3. The lowest BCUT2D eigenvalue weighted by Crippen LogP contribution is -2.21. The third kappa shape index (κ3) is 1.26. The number of hydrogen-bond acceptors (Lipinski definition) is 2. The molecule has 0 saturated carbocycles. The van der Waals surface area contributed by atoms with Gasteiger partial charge in [-0.15, -0.1) is 0 Å². The minimum absolute atomic E-state index is 0.0973. The predicted octanol–water partition coefficient (Wildman–Crippen LogP) is 2.54. The van der Waals surface area contributed by atoms with Gasteiger partial charge in [-0.3, -0.25) is 9.36 Å². The second kappa shape index (κ2) is 3.42. The summed E-state index contributed by atoms with van der Waals surface area (Å²) in [6, 6.07) is 5.81. The molecule has 0 aliphatic carbocycles. The summed E-state index contributed by atoms with van der Waals surface area (Å²) in [5.41, 5.74) is 1.91. The van der Waals surface area contributed by atoms with E-state index in [1.165, 1.54) is 0 Å². The smallest absolute Gasteiger partial charge is 0.261 e. The molecule has 1 atom stereocenters. The quantitative estimate of drug-likeness (QED) is 0.695. The summed E-state index contributed by atoms with van der Waals surface area (Å²) in [5.74, 6) is 0.864. The normalized spacial score (nSPS) is 19.0. The summed E-state index contributed by atoms with van der Waals surface area (Å²) in [6.07, 6.45) is 0.942. The van der Waals surface area contributed by atoms with Crippen molar-refractivity contribution in [3.05, 3.63) is 39.9 Å². The first kappa shape index (κ1) is 10.0. The van der Waals surface area contributed by atoms with Crippen LogP contribution in [0.4, 0.5) is 0 Å². The number of rotatable bonds is 0. The molecule has 2 aromatic rings. The van der Waals surface area contributed by atoms with E-state index >= 15 is 0 Å². The molecule has 0 saturated heterocycles. The predicted molar refractivity (Wildman–Crippen MR) is 67.0 cm³/mol. The first-order valence-electron chi connectivity index (χ1n) is 5.32. The van der Waals surface area contributed by atoms with Crippen LogP contribution in [-0.4, -0.2) is 9.55 Å². The van der Waals surface area contributed by atoms with Crippen molar-refractivity contribution in [3.8, 4) is 0 Å². The van der Waals surface area contributed by atoms with E-state index in [0.29, 0.717) is 0 Å². The first-order chi connectivity index (χ1) is 7.68. The fourth-order valence-electron chi connectivity index (χ4n) is 2.27. The number of aromatic nitrogens is 2. The van der Waals surface area contributed by atoms with Crippen LogP contribution in [0.25, 0.3) is 10.9 Å². The average Bonchev–Trinajstić information content (AvgIpc) is 2.61. The fourth-order valence-corrected chi connectivity index (χ4v) is 2.83. The summed E-state index contributed by atoms with van der Waals surface area (Å²) < 4.78 is 1.79. The fraction of sp³-hybridized carbons (Fsp3) is 0.333. The van der Waals surface area contributed by atoms with E-state index in [0.717, 1.165) is 35.3 Å². The van der Waals surface area contributed by atoms with Gasteiger partial charge in [0.1, 0.15) is 5.82 Å². The molecular formula is C12H11BrN2O. The van der Waals surface area contributed by atoms with Crippen LogP contribution in [0.5, 0.6) is 0 Å². The molecule has 4 heteroatoms. The molecule has 0 radical (unpaired) electrons. The molecule has 0 spiro atoms. The maximum Gasteiger partial charge on any atom is 0.261 e. The number of benzene rings is 1. The number of nitrogens with zero attached hydrogens (tertiary/aromatic N) is 2. The Hall–Kier alpha value is -1.16. The van der Waals surface area contributed by atoms with Crippen molar-refractivity contribution >= 4 is 26.8 Å². The van der Waals surface area contributed by atoms with Crippen molar-refractivity contribution in [2.45, 2.75) is 24.7 Å². The lowest BCUT2D eigenvalue weighted by atomic mass is 10.1. The van der Waals surface area contributed by atoms with E-state index in [9.17, 15) is 4.79 Å². The summed E-state index contributed by atoms with van der Waals surface area (Å²) in [7, 11) is 0. The van der Waals surface area contributed by atoms with Crippen LogP contribution < -0.4 is 5.56 Å². The molecule has 0 amide bonds. The average molecular weight is 279 g/mol. The minimum atomic E-state index is 0.0973. The molecule has 0 N–H and O–H groups in total. The number of fused-ring (bicyclic) bond motifs is 2. The Bertz CT molecular complexity index is 633. The second-order valence-electron chi connectivity index (χ2n) is 4.15. The molecule has 16 heavy (non-hydrogen) atoms. The Morgan fingerprint density at radius 3 is 3.12 bits per heavy atom. The van der Waals surface area contributed by atoms with E-state index in [1.54, 1.807) is 4.57 Å². The van der Waals surface area contributed by atoms with Gasteiger partial charge in [-0.05, 0) is 25.0 Å². The van der Waals surface area contributed by atoms with Gasteiger partial charge in [-0.25, -0.2) is 4.98 Å². The Kier molecular flexibility index (Phi) is 2.14. The Labute approximate surface area is 101 Å². The minimum Gasteiger partial charge on any atom is -0.295 e. The van der Waals surface area contributed by atoms with Crippen LogP contribution >= 0.6 is 15.9 Å². The third-order valence-electron chi connectivity index (χ3n) is 3.11. The van der Waals surface area contributed by atoms with E-state index in [1.807, 2.05) is 25.1 Å². The SMILES string of the molecule is Cc1cccc2nc3n(c(=O)c12)CC[C@@H]3Br. The van der Waals surface area contributed by atoms with Crippen molar-refractivity contribution in [2.75, 3.05) is 0 Å². The first-order valence-corrected chi connectivity index (χ1v) is 6.24. The summed E-state index contributed by atoms with van der Waals surface area (Å²) in [4.78, 5) is 17.1. The summed E-state index contributed by atoms with van der Waals surface area (Å²) in [6.45, 7) is 2.72. The van der Waals surface area contributed by atoms with Gasteiger partial charge in [0.15, 0.2) is 0 Å². The number of hydrogen-bond donors (Lipinski definition) is 0. The van der Waals surface area contributed by atoms with Gasteiger partial charge in [-0.1, -0.05) is 28.1 Å². The molecule has 1 aromatic carbocycles. The van der Waals surface area contributed by atoms with Gasteiger partial charge in [0.25, 0.3) is 5.56 Å². The molecule has 1 aromatic heterocycles. The molecule has 82 valence electrons. The highest BCUT2D eigenvalue weighted by atomic mass is 79.9. The van der Waals surface area contributed by atoms with Crippen LogP contribution in [0.2, 0.25) is 0 Å². The van der Waals surface area contributed by atoms with Gasteiger partial charge in [-0.2, -0.15) is 0 Å². The zero-order valence-electron chi connectivity index (χ0n) is 8.90. The molecule has 1 aliphatic rings. The highest BCUT2D eigenvalue weighted by Crippen LogP contribution is 2.31. The lowest BCUT2D eigenvalue weighted by molar-refractivity contribution is 0.718. The Morgan fingerprint density at radius 2 is 2.31 bits per heavy atom. The van der Waals surface area contributed by atoms with E-state index in [4.69, 9.17) is 0 Å². The van der Waals surface area contributed by atoms with Crippen LogP contribution in [-0.2, 0) is 6.54 Å². The van der Waals surface area contributed by atoms with Crippen molar-refractivity contribution < 1.29 is 0 Å². The summed E-state index contributed by atoms with van der Waals surface area (Å²) in [5, 5.41) is 0.757. The van der Waals surface area contributed by atoms with Crippen LogP contribution in [0.1, 0.15) is 22.6 Å². The Morgan fingerprint density at radius 1 is 1.50 bits per heavy atom. The standard InChI is InChI=1S/C12H11BrN2O/c1-7-3-2-4-9-10(7)12(16)15-6-5-8(13)11(15)14-9/h2-4,8H,5-6H2,1H3/t8-/m0/s1. The monoisotopic (exact) mass is 278 g/mol. The van der Waals surface area contributed by atoms with Crippen molar-refractivity contribution in [1.29, 1.82) is 0 Å². The van der Waals surface area contributed by atoms with E-state index < -0.39 is 0 Å². The molecule has 0 unspecified atom stereocenters. The van der Waals surface area contributed by atoms with Crippen molar-refractivity contribution in [1.82, 2.24) is 9.55 Å². The topological polar surface area (TPSA) is 34.9 Å². The van der Waals surface area contributed by atoms with Gasteiger partial charge < -0.3 is 0 Å². The van der Waals surface area contributed by atoms with Gasteiger partial charge >= 0.3 is 0 Å². The van der Waals surface area contributed by atoms with Crippen LogP contribution in [0.3, 0.4) is 0 Å². The highest BCUT2D eigenvalue weighted by Gasteiger charge is 2.24. The number of alkyl halides is 1. The van der Waals surface area contributed by atoms with Crippen molar-refractivity contribution in [3.63, 3.8) is 0 Å². The Balaban J connectivity index is 2.49. The third-order valence-corrected chi connectivity index (χ3v) is 3.98. The largest absolute Gasteiger partial charge is 0.295 e. The number of aryl methyl sites for hydroxylation is 1. The molecule has 3 rings (SSSR count). The number of halogens is 1. The van der Waals surface area contributed by atoms with E-state index in [-0.39, 0.29) is 10.4 Å². The molecule has 1 aliphatic heterocycles. The zero-order valence-corrected chi connectivity index (χ0v) is 10.5. The van der Waals surface area contributed by atoms with E-state index in [2.05, 4.69) is 20.9 Å². The molecule has 0 fully saturated rings. The van der Waals surface area contributed by atoms with Crippen molar-refractivity contribution in [2.24, 2.45) is 0 Å². The zero-order chi connectivity index (χ0) is 11.3. The maximum atomic E-state index is 12.3. The summed E-state index contributed by atoms with van der Waals surface area (Å²) >= 11 is 3.55. The second-order valence-corrected chi connectivity index (χ2v) is 5.26. The highest BCUT2D eigenvalue weighted by molar-refractivity contribution is 9.09. The van der Waals surface area contributed by atoms with Gasteiger partial charge in [0.2, 0.25) is 0 Å². The molecule has 3 nitrogen and oxygen atoms in total. The molecular weight excluding hydrogens is 268 g/mol. The van der Waals surface area contributed by atoms with Gasteiger partial charge in [0, 0.05) is 6.54 Å². The van der Waals surface area contributed by atoms with Gasteiger partial charge in [0.05, 0.1) is 15.7 Å². The molecule has 0 bridgehead atoms. The molecule has 2 heterocycles. The lowest BCUT2D eigenvalue weighted by Gasteiger charge is -2.07. The van der Waals surface area contributed by atoms with Crippen LogP contribution in [0, 0.1) is 6.92 Å². The van der Waals surface area contributed by atoms with Crippen LogP contribution in [0.15, 0.2) is 23.0 Å².